The van der Waals surface area contributed by atoms with Gasteiger partial charge in [-0.25, -0.2) is 22.6 Å². The smallest absolute Gasteiger partial charge is 0.358 e. The number of esters is 1. The number of para-hydroxylation sites is 1. The van der Waals surface area contributed by atoms with E-state index in [0.717, 1.165) is 24.5 Å². The van der Waals surface area contributed by atoms with Crippen LogP contribution in [0.2, 0.25) is 0 Å². The number of aromatic nitrogens is 1. The van der Waals surface area contributed by atoms with Crippen molar-refractivity contribution in [3.8, 4) is 0 Å². The Morgan fingerprint density at radius 1 is 1.48 bits per heavy atom. The molecule has 2 rings (SSSR count). The summed E-state index contributed by atoms with van der Waals surface area (Å²) in [7, 11) is -3.06. The Bertz CT molecular complexity index is 771. The summed E-state index contributed by atoms with van der Waals surface area (Å²) in [6.07, 6.45) is 0. The van der Waals surface area contributed by atoms with Crippen LogP contribution in [0.15, 0.2) is 32.4 Å². The fourth-order valence-electron chi connectivity index (χ4n) is 1.43. The lowest BCUT2D eigenvalue weighted by molar-refractivity contribution is 0.0590. The normalized spacial score (nSPS) is 11.2. The number of halogens is 2. The number of ether oxygens (including phenoxy) is 1. The lowest BCUT2D eigenvalue weighted by atomic mass is 10.3. The number of hydrogen-bond donors (Lipinski definition) is 1. The first-order valence-electron chi connectivity index (χ1n) is 5.35. The molecule has 0 unspecified atom stereocenters. The molecule has 2 aromatic rings. The van der Waals surface area contributed by atoms with E-state index >= 15 is 0 Å². The average molecular weight is 395 g/mol. The Balaban J connectivity index is 2.45. The molecule has 0 amide bonds. The Morgan fingerprint density at radius 3 is 2.81 bits per heavy atom. The highest BCUT2D eigenvalue weighted by Gasteiger charge is 2.27. The van der Waals surface area contributed by atoms with Crippen molar-refractivity contribution in [2.75, 3.05) is 11.8 Å². The first-order chi connectivity index (χ1) is 9.86. The molecule has 0 aliphatic heterocycles. The van der Waals surface area contributed by atoms with Gasteiger partial charge in [-0.3, -0.25) is 4.72 Å². The Morgan fingerprint density at radius 2 is 2.19 bits per heavy atom. The van der Waals surface area contributed by atoms with Gasteiger partial charge < -0.3 is 4.74 Å². The molecule has 0 bridgehead atoms. The summed E-state index contributed by atoms with van der Waals surface area (Å²) in [4.78, 5) is 15.1. The van der Waals surface area contributed by atoms with Crippen molar-refractivity contribution in [2.24, 2.45) is 0 Å². The number of nitrogens with zero attached hydrogens (tertiary/aromatic N) is 1. The van der Waals surface area contributed by atoms with Gasteiger partial charge in [0.1, 0.15) is 5.82 Å². The van der Waals surface area contributed by atoms with Crippen LogP contribution in [0, 0.1) is 5.82 Å². The van der Waals surface area contributed by atoms with Gasteiger partial charge in [-0.1, -0.05) is 6.07 Å². The molecule has 10 heteroatoms. The Hall–Kier alpha value is -1.52. The molecule has 0 fully saturated rings. The number of anilines is 1. The van der Waals surface area contributed by atoms with E-state index in [9.17, 15) is 17.6 Å². The van der Waals surface area contributed by atoms with Gasteiger partial charge in [0.2, 0.25) is 0 Å². The summed E-state index contributed by atoms with van der Waals surface area (Å²) >= 11 is 3.78. The third-order valence-electron chi connectivity index (χ3n) is 2.36. The monoisotopic (exact) mass is 394 g/mol. The molecule has 0 radical (unpaired) electrons. The van der Waals surface area contributed by atoms with E-state index in [-0.39, 0.29) is 20.1 Å². The second-order valence-corrected chi connectivity index (χ2v) is 7.27. The van der Waals surface area contributed by atoms with Gasteiger partial charge in [0.05, 0.1) is 18.3 Å². The van der Waals surface area contributed by atoms with E-state index in [1.54, 1.807) is 0 Å². The summed E-state index contributed by atoms with van der Waals surface area (Å²) in [6.45, 7) is 0. The minimum absolute atomic E-state index is 0.232. The molecule has 1 N–H and O–H groups in total. The third kappa shape index (κ3) is 3.22. The molecular formula is C11H8BrFN2O4S2. The van der Waals surface area contributed by atoms with Gasteiger partial charge >= 0.3 is 5.97 Å². The number of rotatable bonds is 4. The van der Waals surface area contributed by atoms with E-state index in [1.165, 1.54) is 17.6 Å². The number of carbonyl (C=O) groups is 1. The first kappa shape index (κ1) is 15.9. The lowest BCUT2D eigenvalue weighted by Gasteiger charge is -2.09. The van der Waals surface area contributed by atoms with Gasteiger partial charge in [0, 0.05) is 4.47 Å². The molecule has 112 valence electrons. The van der Waals surface area contributed by atoms with Crippen molar-refractivity contribution in [3.05, 3.63) is 39.7 Å². The molecule has 1 heterocycles. The van der Waals surface area contributed by atoms with Crippen LogP contribution in [0.25, 0.3) is 0 Å². The van der Waals surface area contributed by atoms with Crippen LogP contribution >= 0.6 is 27.3 Å². The van der Waals surface area contributed by atoms with Crippen molar-refractivity contribution < 1.29 is 22.3 Å². The van der Waals surface area contributed by atoms with Crippen LogP contribution in [0.3, 0.4) is 0 Å². The number of thiazole rings is 1. The van der Waals surface area contributed by atoms with Crippen LogP contribution in [0.4, 0.5) is 10.1 Å². The van der Waals surface area contributed by atoms with Crippen molar-refractivity contribution in [1.82, 2.24) is 4.98 Å². The predicted molar refractivity (Wildman–Crippen MR) is 78.4 cm³/mol. The SMILES string of the molecule is COC(=O)c1ncsc1S(=O)(=O)Nc1c(F)cccc1Br. The van der Waals surface area contributed by atoms with Crippen LogP contribution in [0.5, 0.6) is 0 Å². The number of sulfonamides is 1. The van der Waals surface area contributed by atoms with Gasteiger partial charge in [-0.2, -0.15) is 0 Å². The van der Waals surface area contributed by atoms with Crippen molar-refractivity contribution >= 4 is 48.9 Å². The number of methoxy groups -OCH3 is 1. The van der Waals surface area contributed by atoms with Crippen LogP contribution in [-0.2, 0) is 14.8 Å². The molecule has 0 atom stereocenters. The van der Waals surface area contributed by atoms with Crippen LogP contribution in [0.1, 0.15) is 10.5 Å². The maximum atomic E-state index is 13.7. The van der Waals surface area contributed by atoms with Crippen molar-refractivity contribution in [2.45, 2.75) is 4.21 Å². The number of nitrogens with one attached hydrogen (secondary N) is 1. The molecule has 21 heavy (non-hydrogen) atoms. The van der Waals surface area contributed by atoms with Crippen molar-refractivity contribution in [3.63, 3.8) is 0 Å². The molecule has 0 spiro atoms. The molecular weight excluding hydrogens is 387 g/mol. The summed E-state index contributed by atoms with van der Waals surface area (Å²) in [6, 6.07) is 4.01. The Labute approximate surface area is 132 Å². The second kappa shape index (κ2) is 6.08. The topological polar surface area (TPSA) is 85.4 Å². The van der Waals surface area contributed by atoms with Gasteiger partial charge in [0.15, 0.2) is 9.90 Å². The molecule has 0 saturated carbocycles. The molecule has 6 nitrogen and oxygen atoms in total. The molecule has 1 aromatic carbocycles. The van der Waals surface area contributed by atoms with E-state index in [4.69, 9.17) is 0 Å². The van der Waals surface area contributed by atoms with E-state index in [2.05, 4.69) is 30.4 Å². The van der Waals surface area contributed by atoms with E-state index in [0.29, 0.717) is 0 Å². The second-order valence-electron chi connectivity index (χ2n) is 3.68. The summed E-state index contributed by atoms with van der Waals surface area (Å²) < 4.78 is 44.7. The molecule has 0 aliphatic rings. The minimum atomic E-state index is -4.17. The summed E-state index contributed by atoms with van der Waals surface area (Å²) in [5.74, 6) is -1.64. The third-order valence-corrected chi connectivity index (χ3v) is 5.74. The maximum Gasteiger partial charge on any atom is 0.358 e. The zero-order valence-electron chi connectivity index (χ0n) is 10.5. The van der Waals surface area contributed by atoms with E-state index in [1.807, 2.05) is 0 Å². The quantitative estimate of drug-likeness (QED) is 0.805. The minimum Gasteiger partial charge on any atom is -0.464 e. The molecule has 1 aromatic heterocycles. The van der Waals surface area contributed by atoms with Crippen LogP contribution < -0.4 is 4.72 Å². The highest BCUT2D eigenvalue weighted by atomic mass is 79.9. The predicted octanol–water partition coefficient (Wildman–Crippen LogP) is 2.63. The molecule has 0 saturated heterocycles. The lowest BCUT2D eigenvalue weighted by Crippen LogP contribution is -2.17. The largest absolute Gasteiger partial charge is 0.464 e. The number of hydrogen-bond acceptors (Lipinski definition) is 6. The Kier molecular flexibility index (Phi) is 4.59. The maximum absolute atomic E-state index is 13.7. The summed E-state index contributed by atoms with van der Waals surface area (Å²) in [5.41, 5.74) is 0.598. The van der Waals surface area contributed by atoms with Gasteiger partial charge in [-0.05, 0) is 28.1 Å². The van der Waals surface area contributed by atoms with Crippen molar-refractivity contribution in [1.29, 1.82) is 0 Å². The first-order valence-corrected chi connectivity index (χ1v) is 8.51. The van der Waals surface area contributed by atoms with Gasteiger partial charge in [0.25, 0.3) is 10.0 Å². The fourth-order valence-corrected chi connectivity index (χ4v) is 4.23. The number of carbonyl (C=O) groups excluding carboxylic acids is 1. The van der Waals surface area contributed by atoms with E-state index < -0.39 is 21.8 Å². The standard InChI is InChI=1S/C11H8BrFN2O4S2/c1-19-10(16)9-11(20-5-14-9)21(17,18)15-8-6(12)3-2-4-7(8)13/h2-5,15H,1H3. The summed E-state index contributed by atoms with van der Waals surface area (Å²) in [5, 5.41) is 0. The zero-order valence-corrected chi connectivity index (χ0v) is 13.7. The average Bonchev–Trinajstić information content (AvgIpc) is 2.92. The van der Waals surface area contributed by atoms with Crippen LogP contribution in [-0.4, -0.2) is 26.5 Å². The van der Waals surface area contributed by atoms with Gasteiger partial charge in [-0.15, -0.1) is 11.3 Å². The number of benzene rings is 1. The fraction of sp³-hybridized carbons (Fsp3) is 0.0909. The molecule has 0 aliphatic carbocycles. The highest BCUT2D eigenvalue weighted by molar-refractivity contribution is 9.10. The highest BCUT2D eigenvalue weighted by Crippen LogP contribution is 2.29. The zero-order chi connectivity index (χ0) is 15.6.